The molecule has 1 saturated heterocycles. The molecule has 0 bridgehead atoms. The fourth-order valence-electron chi connectivity index (χ4n) is 6.33. The summed E-state index contributed by atoms with van der Waals surface area (Å²) in [5.74, 6) is -2.02. The van der Waals surface area contributed by atoms with Crippen LogP contribution in [0, 0.1) is 3.57 Å². The van der Waals surface area contributed by atoms with Crippen molar-refractivity contribution < 1.29 is 33.7 Å². The van der Waals surface area contributed by atoms with Crippen molar-refractivity contribution in [3.05, 3.63) is 80.9 Å². The quantitative estimate of drug-likeness (QED) is 0.116. The average molecular weight is 761 g/mol. The predicted molar refractivity (Wildman–Crippen MR) is 189 cm³/mol. The van der Waals surface area contributed by atoms with Crippen LogP contribution in [0.3, 0.4) is 0 Å². The molecule has 1 aliphatic carbocycles. The number of carbonyl (C=O) groups excluding carboxylic acids is 3. The zero-order valence-corrected chi connectivity index (χ0v) is 29.9. The van der Waals surface area contributed by atoms with Gasteiger partial charge in [-0.25, -0.2) is 4.79 Å². The number of unbranched alkanes of at least 4 members (excludes halogenated alkanes) is 4. The lowest BCUT2D eigenvalue weighted by Gasteiger charge is -2.33. The Morgan fingerprint density at radius 1 is 1.00 bits per heavy atom. The summed E-state index contributed by atoms with van der Waals surface area (Å²) in [5.41, 5.74) is 1.75. The van der Waals surface area contributed by atoms with Crippen LogP contribution in [0.5, 0.6) is 0 Å². The van der Waals surface area contributed by atoms with Crippen molar-refractivity contribution in [2.75, 3.05) is 20.2 Å². The monoisotopic (exact) mass is 760 g/mol. The third kappa shape index (κ3) is 9.87. The van der Waals surface area contributed by atoms with E-state index in [9.17, 15) is 19.5 Å². The first-order valence-electron chi connectivity index (χ1n) is 16.9. The Morgan fingerprint density at radius 3 is 2.30 bits per heavy atom. The molecule has 1 heterocycles. The van der Waals surface area contributed by atoms with Crippen molar-refractivity contribution in [3.63, 3.8) is 0 Å². The predicted octanol–water partition coefficient (Wildman–Crippen LogP) is 5.97. The summed E-state index contributed by atoms with van der Waals surface area (Å²) in [6, 6.07) is 15.9. The van der Waals surface area contributed by atoms with Crippen LogP contribution in [0.15, 0.2) is 66.2 Å². The number of benzene rings is 2. The van der Waals surface area contributed by atoms with Crippen molar-refractivity contribution in [1.82, 2.24) is 10.2 Å². The molecule has 0 radical (unpaired) electrons. The maximum Gasteiger partial charge on any atom is 0.339 e. The van der Waals surface area contributed by atoms with Crippen molar-refractivity contribution in [1.29, 1.82) is 0 Å². The van der Waals surface area contributed by atoms with Crippen LogP contribution < -0.4 is 5.32 Å². The van der Waals surface area contributed by atoms with E-state index in [0.29, 0.717) is 17.6 Å². The highest BCUT2D eigenvalue weighted by atomic mass is 127. The first-order chi connectivity index (χ1) is 22.7. The molecule has 2 aromatic carbocycles. The van der Waals surface area contributed by atoms with Gasteiger partial charge in [0.15, 0.2) is 5.79 Å². The maximum absolute atomic E-state index is 14.2. The molecule has 1 aliphatic heterocycles. The van der Waals surface area contributed by atoms with Crippen molar-refractivity contribution in [2.24, 2.45) is 0 Å². The highest BCUT2D eigenvalue weighted by Crippen LogP contribution is 2.43. The zero-order valence-electron chi connectivity index (χ0n) is 27.8. The van der Waals surface area contributed by atoms with Gasteiger partial charge in [-0.3, -0.25) is 9.59 Å². The molecule has 2 amide bonds. The Kier molecular flexibility index (Phi) is 14.3. The van der Waals surface area contributed by atoms with Gasteiger partial charge in [-0.1, -0.05) is 82.0 Å². The van der Waals surface area contributed by atoms with Gasteiger partial charge in [0, 0.05) is 48.4 Å². The third-order valence-corrected chi connectivity index (χ3v) is 9.84. The summed E-state index contributed by atoms with van der Waals surface area (Å²) in [7, 11) is 1.61. The van der Waals surface area contributed by atoms with Crippen molar-refractivity contribution in [2.45, 2.75) is 108 Å². The first kappa shape index (κ1) is 37.0. The normalized spacial score (nSPS) is 20.5. The standard InChI is InChI=1S/C37H49IN2O7/c1-4-6-13-19-37(20-14-7-5-2)46-32-25-27(24-31(33(32)47-37)45-36(44)28-17-11-12-18-29(28)38)35(43)40(3)30(34(42)39-21-22-41)23-26-15-9-8-10-16-26/h8-12,15-18,25,30-33,41H,4-7,13-14,19-24H2,1-3H3,(H,39,42)/t30-,31-,32-,33+/m1/s1. The molecule has 2 aliphatic rings. The number of hydrogen-bond acceptors (Lipinski definition) is 7. The van der Waals surface area contributed by atoms with Crippen LogP contribution in [0.2, 0.25) is 0 Å². The van der Waals surface area contributed by atoms with Crippen LogP contribution in [0.1, 0.15) is 87.6 Å². The molecular weight excluding hydrogens is 711 g/mol. The number of carbonyl (C=O) groups is 3. The molecule has 1 fully saturated rings. The minimum atomic E-state index is -0.829. The van der Waals surface area contributed by atoms with E-state index in [1.807, 2.05) is 48.5 Å². The van der Waals surface area contributed by atoms with E-state index in [-0.39, 0.29) is 31.4 Å². The van der Waals surface area contributed by atoms with Gasteiger partial charge in [0.1, 0.15) is 24.4 Å². The fourth-order valence-corrected chi connectivity index (χ4v) is 6.93. The molecule has 4 atom stereocenters. The number of nitrogens with zero attached hydrogens (tertiary/aromatic N) is 1. The highest BCUT2D eigenvalue weighted by Gasteiger charge is 2.52. The molecular formula is C37H49IN2O7. The lowest BCUT2D eigenvalue weighted by atomic mass is 9.90. The van der Waals surface area contributed by atoms with Crippen LogP contribution in [0.4, 0.5) is 0 Å². The lowest BCUT2D eigenvalue weighted by Crippen LogP contribution is -2.51. The van der Waals surface area contributed by atoms with Crippen LogP contribution in [-0.2, 0) is 30.2 Å². The van der Waals surface area contributed by atoms with Gasteiger partial charge in [0.2, 0.25) is 11.8 Å². The van der Waals surface area contributed by atoms with Crippen LogP contribution >= 0.6 is 22.6 Å². The Hall–Kier alpha value is -2.80. The summed E-state index contributed by atoms with van der Waals surface area (Å²) in [6.07, 6.45) is 7.84. The van der Waals surface area contributed by atoms with E-state index in [2.05, 4.69) is 41.8 Å². The zero-order chi connectivity index (χ0) is 33.8. The number of ether oxygens (including phenoxy) is 3. The van der Waals surface area contributed by atoms with Crippen LogP contribution in [0.25, 0.3) is 0 Å². The summed E-state index contributed by atoms with van der Waals surface area (Å²) < 4.78 is 20.4. The summed E-state index contributed by atoms with van der Waals surface area (Å²) in [5, 5.41) is 12.1. The number of halogens is 1. The maximum atomic E-state index is 14.2. The number of aliphatic hydroxyl groups excluding tert-OH is 1. The molecule has 10 heteroatoms. The molecule has 2 N–H and O–H groups in total. The number of fused-ring (bicyclic) bond motifs is 1. The molecule has 0 spiro atoms. The van der Waals surface area contributed by atoms with Gasteiger partial charge in [0.25, 0.3) is 0 Å². The van der Waals surface area contributed by atoms with E-state index < -0.39 is 36.1 Å². The number of aliphatic hydroxyl groups is 1. The number of rotatable bonds is 17. The third-order valence-electron chi connectivity index (χ3n) is 8.90. The summed E-state index contributed by atoms with van der Waals surface area (Å²) in [6.45, 7) is 4.19. The number of amides is 2. The van der Waals surface area contributed by atoms with E-state index in [4.69, 9.17) is 14.2 Å². The highest BCUT2D eigenvalue weighted by molar-refractivity contribution is 14.1. The second-order valence-electron chi connectivity index (χ2n) is 12.4. The Morgan fingerprint density at radius 2 is 1.66 bits per heavy atom. The molecule has 4 rings (SSSR count). The van der Waals surface area contributed by atoms with E-state index >= 15 is 0 Å². The largest absolute Gasteiger partial charge is 0.455 e. The molecule has 0 saturated carbocycles. The minimum Gasteiger partial charge on any atom is -0.455 e. The number of hydrogen-bond donors (Lipinski definition) is 2. The summed E-state index contributed by atoms with van der Waals surface area (Å²) in [4.78, 5) is 42.5. The SMILES string of the molecule is CCCCCC1(CCCCC)O[C@@H]2[C@@H](C=C(C(=O)N(C)[C@H](Cc3ccccc3)C(=O)NCCO)C[C@H]2OC(=O)c2ccccc2I)O1. The number of esters is 1. The Labute approximate surface area is 292 Å². The molecule has 0 aromatic heterocycles. The van der Waals surface area contributed by atoms with Gasteiger partial charge in [-0.15, -0.1) is 0 Å². The fraction of sp³-hybridized carbons (Fsp3) is 0.541. The molecule has 256 valence electrons. The number of nitrogens with one attached hydrogen (secondary N) is 1. The molecule has 0 unspecified atom stereocenters. The number of likely N-dealkylation sites (N-methyl/N-ethyl adjacent to an activating group) is 1. The Balaban J connectivity index is 1.65. The second-order valence-corrected chi connectivity index (χ2v) is 13.6. The minimum absolute atomic E-state index is 0.0816. The Bertz CT molecular complexity index is 1360. The topological polar surface area (TPSA) is 114 Å². The van der Waals surface area contributed by atoms with Crippen molar-refractivity contribution in [3.8, 4) is 0 Å². The van der Waals surface area contributed by atoms with E-state index in [1.165, 1.54) is 4.90 Å². The molecule has 47 heavy (non-hydrogen) atoms. The second kappa shape index (κ2) is 18.1. The smallest absolute Gasteiger partial charge is 0.339 e. The first-order valence-corrected chi connectivity index (χ1v) is 18.0. The van der Waals surface area contributed by atoms with Gasteiger partial charge >= 0.3 is 5.97 Å². The van der Waals surface area contributed by atoms with E-state index in [1.54, 1.807) is 19.2 Å². The van der Waals surface area contributed by atoms with E-state index in [0.717, 1.165) is 60.5 Å². The van der Waals surface area contributed by atoms with Crippen molar-refractivity contribution >= 4 is 40.4 Å². The van der Waals surface area contributed by atoms with Gasteiger partial charge in [-0.05, 0) is 59.2 Å². The van der Waals surface area contributed by atoms with Crippen LogP contribution in [-0.4, -0.2) is 78.1 Å². The molecule has 9 nitrogen and oxygen atoms in total. The van der Waals surface area contributed by atoms with Gasteiger partial charge in [0.05, 0.1) is 12.2 Å². The lowest BCUT2D eigenvalue weighted by molar-refractivity contribution is -0.190. The summed E-state index contributed by atoms with van der Waals surface area (Å²) >= 11 is 2.12. The van der Waals surface area contributed by atoms with Gasteiger partial charge in [-0.2, -0.15) is 0 Å². The van der Waals surface area contributed by atoms with Gasteiger partial charge < -0.3 is 29.5 Å². The molecule has 2 aromatic rings. The average Bonchev–Trinajstić information content (AvgIpc) is 3.45.